The molecule has 0 spiro atoms. The summed E-state index contributed by atoms with van der Waals surface area (Å²) in [6.07, 6.45) is 0. The number of aromatic nitrogens is 8. The van der Waals surface area contributed by atoms with E-state index >= 15 is 0 Å². The van der Waals surface area contributed by atoms with E-state index in [4.69, 9.17) is 19.9 Å². The molecule has 133 heavy (non-hydrogen) atoms. The number of rotatable bonds is 14. The third-order valence-corrected chi connectivity index (χ3v) is 27.1. The van der Waals surface area contributed by atoms with Crippen LogP contribution in [-0.4, -0.2) is 38.2 Å². The maximum Gasteiger partial charge on any atom is 0.160 e. The zero-order valence-corrected chi connectivity index (χ0v) is 73.1. The first kappa shape index (κ1) is 77.8. The maximum atomic E-state index is 5.25. The largest absolute Gasteiger partial charge is 0.309 e. The summed E-state index contributed by atoms with van der Waals surface area (Å²) in [5.41, 5.74) is 38.2. The van der Waals surface area contributed by atoms with E-state index < -0.39 is 0 Å². The fourth-order valence-electron chi connectivity index (χ4n) is 20.6. The molecule has 6 heterocycles. The molecule has 0 saturated heterocycles. The minimum Gasteiger partial charge on any atom is -0.309 e. The zero-order valence-electron chi connectivity index (χ0n) is 73.1. The van der Waals surface area contributed by atoms with Crippen LogP contribution in [0, 0.1) is 0 Å². The molecule has 8 nitrogen and oxygen atoms in total. The van der Waals surface area contributed by atoms with Gasteiger partial charge in [0, 0.05) is 105 Å². The van der Waals surface area contributed by atoms with Crippen molar-refractivity contribution in [1.82, 2.24) is 38.2 Å². The van der Waals surface area contributed by atoms with Crippen LogP contribution in [-0.2, 0) is 5.41 Å². The average Bonchev–Trinajstić information content (AvgIpc) is 1.58. The zero-order chi connectivity index (χ0) is 88.2. The molecule has 6 aromatic heterocycles. The van der Waals surface area contributed by atoms with Crippen molar-refractivity contribution >= 4 is 87.2 Å². The predicted octanol–water partition coefficient (Wildman–Crippen LogP) is 32.3. The Morgan fingerprint density at radius 2 is 0.421 bits per heavy atom. The van der Waals surface area contributed by atoms with Gasteiger partial charge in [-0.25, -0.2) is 19.9 Å². The highest BCUT2D eigenvalue weighted by molar-refractivity contribution is 6.15. The molecule has 0 atom stereocenters. The summed E-state index contributed by atoms with van der Waals surface area (Å²) in [7, 11) is 0. The Labute approximate surface area is 769 Å². The average molecular weight is 1700 g/mol. The SMILES string of the molecule is CC1(C)c2ccccc2-c2ccc(-c3cc(-c4ccc(-n5c6ccccc6c6cc(-c7ccc8c(c7)c7ccccc7n8-c7ccccc7)ccc65)cc4)nc(-c4ccccc4)n3)cc21.c1ccc(-c2cc(-c3ccccc3)cc(-c3cc(-c4ccc(-n5c6ccccc6c6cc(-c7ccc8c(c7)c7ccccc7n8-c7ccccc7)ccc65)cc4)nc(-c4ccccc4)n3)c2)cc1. The van der Waals surface area contributed by atoms with Crippen LogP contribution in [0.4, 0.5) is 0 Å². The van der Waals surface area contributed by atoms with E-state index in [1.54, 1.807) is 0 Å². The molecule has 0 amide bonds. The Balaban J connectivity index is 0.000000143. The van der Waals surface area contributed by atoms with E-state index in [-0.39, 0.29) is 5.41 Å². The van der Waals surface area contributed by atoms with Crippen LogP contribution in [0.1, 0.15) is 25.0 Å². The molecular weight excluding hydrogens is 1610 g/mol. The minimum absolute atomic E-state index is 0.107. The van der Waals surface area contributed by atoms with Gasteiger partial charge in [0.05, 0.1) is 66.9 Å². The van der Waals surface area contributed by atoms with Crippen LogP contribution in [0.15, 0.2) is 473 Å². The molecule has 26 rings (SSSR count). The van der Waals surface area contributed by atoms with Crippen molar-refractivity contribution in [2.45, 2.75) is 19.3 Å². The highest BCUT2D eigenvalue weighted by Gasteiger charge is 2.36. The van der Waals surface area contributed by atoms with E-state index in [1.807, 2.05) is 36.4 Å². The lowest BCUT2D eigenvalue weighted by Gasteiger charge is -2.22. The molecule has 0 bridgehead atoms. The van der Waals surface area contributed by atoms with Crippen LogP contribution in [0.3, 0.4) is 0 Å². The Morgan fingerprint density at radius 3 is 0.789 bits per heavy atom. The van der Waals surface area contributed by atoms with Crippen molar-refractivity contribution in [1.29, 1.82) is 0 Å². The molecule has 0 fully saturated rings. The second-order valence-electron chi connectivity index (χ2n) is 35.2. The lowest BCUT2D eigenvalue weighted by Crippen LogP contribution is -2.14. The van der Waals surface area contributed by atoms with Gasteiger partial charge in [-0.05, 0) is 224 Å². The van der Waals surface area contributed by atoms with Gasteiger partial charge in [0.15, 0.2) is 11.6 Å². The number of fused-ring (bicyclic) bond motifs is 15. The van der Waals surface area contributed by atoms with Crippen LogP contribution < -0.4 is 0 Å². The summed E-state index contributed by atoms with van der Waals surface area (Å²) in [5.74, 6) is 1.40. The quantitative estimate of drug-likeness (QED) is 0.109. The Morgan fingerprint density at radius 1 is 0.158 bits per heavy atom. The Kier molecular flexibility index (Phi) is 18.8. The minimum atomic E-state index is -0.107. The number of hydrogen-bond acceptors (Lipinski definition) is 4. The Bertz CT molecular complexity index is 8800. The summed E-state index contributed by atoms with van der Waals surface area (Å²) in [6.45, 7) is 4.65. The molecular formula is C125H84N8. The molecule has 0 unspecified atom stereocenters. The number of para-hydroxylation sites is 6. The molecule has 624 valence electrons. The van der Waals surface area contributed by atoms with Gasteiger partial charge < -0.3 is 18.3 Å². The standard InChI is InChI=1S/C64H42N4.C61H42N4/c1-5-17-43(18-6-1)49-37-50(44-19-7-2-8-20-44)39-51(38-49)59-42-58(65-64(66-59)46-21-9-3-10-22-46)45-29-33-53(34-30-45)68-61-28-16-14-26-55(61)57-41-48(32-36-63(57)68)47-31-35-62-56(40-47)54-25-13-15-27-60(54)67(62)52-23-11-4-12-24-52;1-61(2)52-22-12-9-19-46(52)47-32-27-43(37-53(47)61)55-38-54(62-60(63-55)40-15-5-3-6-16-40)39-25-30-45(31-26-39)65-57-24-14-11-21-49(57)51-36-42(29-34-59(51)65)41-28-33-58-50(35-41)48-20-10-13-23-56(48)64(58)44-17-7-4-8-18-44/h1-42H;3-38H,1-2H3. The lowest BCUT2D eigenvalue weighted by molar-refractivity contribution is 0.660. The molecule has 25 aromatic rings. The topological polar surface area (TPSA) is 71.3 Å². The van der Waals surface area contributed by atoms with Crippen molar-refractivity contribution in [3.8, 4) is 146 Å². The molecule has 0 N–H and O–H groups in total. The summed E-state index contributed by atoms with van der Waals surface area (Å²) in [5, 5.41) is 9.88. The molecule has 0 saturated carbocycles. The third kappa shape index (κ3) is 13.6. The summed E-state index contributed by atoms with van der Waals surface area (Å²) in [4.78, 5) is 20.9. The first-order valence-corrected chi connectivity index (χ1v) is 45.5. The second-order valence-corrected chi connectivity index (χ2v) is 35.2. The van der Waals surface area contributed by atoms with E-state index in [0.717, 1.165) is 107 Å². The second kappa shape index (κ2) is 32.1. The van der Waals surface area contributed by atoms with Gasteiger partial charge in [0.25, 0.3) is 0 Å². The summed E-state index contributed by atoms with van der Waals surface area (Å²) >= 11 is 0. The number of nitrogens with zero attached hydrogens (tertiary/aromatic N) is 8. The van der Waals surface area contributed by atoms with Gasteiger partial charge in [-0.1, -0.05) is 329 Å². The van der Waals surface area contributed by atoms with Gasteiger partial charge in [0.1, 0.15) is 0 Å². The van der Waals surface area contributed by atoms with Crippen molar-refractivity contribution in [2.24, 2.45) is 0 Å². The van der Waals surface area contributed by atoms with Gasteiger partial charge >= 0.3 is 0 Å². The van der Waals surface area contributed by atoms with Crippen molar-refractivity contribution in [2.75, 3.05) is 0 Å². The van der Waals surface area contributed by atoms with Gasteiger partial charge in [-0.2, -0.15) is 0 Å². The third-order valence-electron chi connectivity index (χ3n) is 27.1. The van der Waals surface area contributed by atoms with Crippen molar-refractivity contribution < 1.29 is 0 Å². The van der Waals surface area contributed by atoms with Crippen molar-refractivity contribution in [3.63, 3.8) is 0 Å². The molecule has 8 heteroatoms. The fraction of sp³-hybridized carbons (Fsp3) is 0.0240. The van der Waals surface area contributed by atoms with Crippen LogP contribution in [0.5, 0.6) is 0 Å². The Hall–Kier alpha value is -17.5. The maximum absolute atomic E-state index is 5.25. The first-order valence-electron chi connectivity index (χ1n) is 45.5. The van der Waals surface area contributed by atoms with Gasteiger partial charge in [0.2, 0.25) is 0 Å². The normalized spacial score (nSPS) is 12.2. The van der Waals surface area contributed by atoms with E-state index in [9.17, 15) is 0 Å². The smallest absolute Gasteiger partial charge is 0.160 e. The number of hydrogen-bond donors (Lipinski definition) is 0. The monoisotopic (exact) mass is 1700 g/mol. The van der Waals surface area contributed by atoms with E-state index in [1.165, 1.54) is 126 Å². The highest BCUT2D eigenvalue weighted by atomic mass is 15.0. The van der Waals surface area contributed by atoms with Crippen LogP contribution in [0.25, 0.3) is 233 Å². The van der Waals surface area contributed by atoms with E-state index in [2.05, 4.69) is 469 Å². The highest BCUT2D eigenvalue weighted by Crippen LogP contribution is 2.51. The molecule has 19 aromatic carbocycles. The first-order chi connectivity index (χ1) is 65.7. The fourth-order valence-corrected chi connectivity index (χ4v) is 20.6. The van der Waals surface area contributed by atoms with Gasteiger partial charge in [-0.15, -0.1) is 0 Å². The molecule has 0 aliphatic heterocycles. The van der Waals surface area contributed by atoms with Crippen LogP contribution in [0.2, 0.25) is 0 Å². The van der Waals surface area contributed by atoms with Crippen molar-refractivity contribution in [3.05, 3.63) is 484 Å². The molecule has 1 aliphatic carbocycles. The molecule has 1 aliphatic rings. The lowest BCUT2D eigenvalue weighted by atomic mass is 9.82. The van der Waals surface area contributed by atoms with E-state index in [0.29, 0.717) is 11.6 Å². The molecule has 0 radical (unpaired) electrons. The number of benzene rings is 19. The summed E-state index contributed by atoms with van der Waals surface area (Å²) < 4.78 is 9.52. The summed E-state index contributed by atoms with van der Waals surface area (Å²) in [6, 6.07) is 170. The predicted molar refractivity (Wildman–Crippen MR) is 553 cm³/mol. The van der Waals surface area contributed by atoms with Gasteiger partial charge in [-0.3, -0.25) is 0 Å². The van der Waals surface area contributed by atoms with Crippen LogP contribution >= 0.6 is 0 Å².